The van der Waals surface area contributed by atoms with Gasteiger partial charge in [0, 0.05) is 18.7 Å². The number of benzene rings is 1. The lowest BCUT2D eigenvalue weighted by Gasteiger charge is -2.14. The van der Waals surface area contributed by atoms with Gasteiger partial charge in [0.15, 0.2) is 6.10 Å². The van der Waals surface area contributed by atoms with Crippen LogP contribution >= 0.6 is 0 Å². The van der Waals surface area contributed by atoms with E-state index in [-0.39, 0.29) is 12.3 Å². The lowest BCUT2D eigenvalue weighted by molar-refractivity contribution is -0.153. The van der Waals surface area contributed by atoms with E-state index < -0.39 is 18.1 Å². The number of primary amides is 1. The third-order valence-electron chi connectivity index (χ3n) is 4.40. The topological polar surface area (TPSA) is 111 Å². The number of nitrogens with one attached hydrogen (secondary N) is 2. The SMILES string of the molecule is C[C@@H](OC(=O)CCCCCNC(N)=O)C(=O)Nc1ccc2c(c1)CCC2. The zero-order valence-corrected chi connectivity index (χ0v) is 15.2. The Morgan fingerprint density at radius 3 is 2.69 bits per heavy atom. The quantitative estimate of drug-likeness (QED) is 0.463. The Balaban J connectivity index is 1.66. The molecule has 0 radical (unpaired) electrons. The molecule has 0 aromatic heterocycles. The van der Waals surface area contributed by atoms with E-state index in [1.54, 1.807) is 6.92 Å². The zero-order valence-electron chi connectivity index (χ0n) is 15.2. The van der Waals surface area contributed by atoms with Crippen molar-refractivity contribution >= 4 is 23.6 Å². The Labute approximate surface area is 153 Å². The molecular formula is C19H27N3O4. The second kappa shape index (κ2) is 9.79. The fraction of sp³-hybridized carbons (Fsp3) is 0.526. The van der Waals surface area contributed by atoms with Gasteiger partial charge in [-0.05, 0) is 62.3 Å². The summed E-state index contributed by atoms with van der Waals surface area (Å²) >= 11 is 0. The highest BCUT2D eigenvalue weighted by molar-refractivity contribution is 5.95. The number of carbonyl (C=O) groups excluding carboxylic acids is 3. The molecule has 26 heavy (non-hydrogen) atoms. The van der Waals surface area contributed by atoms with Gasteiger partial charge in [0.1, 0.15) is 0 Å². The van der Waals surface area contributed by atoms with Crippen LogP contribution in [0.3, 0.4) is 0 Å². The van der Waals surface area contributed by atoms with Crippen molar-refractivity contribution in [3.63, 3.8) is 0 Å². The fourth-order valence-corrected chi connectivity index (χ4v) is 2.99. The minimum atomic E-state index is -0.840. The largest absolute Gasteiger partial charge is 0.453 e. The van der Waals surface area contributed by atoms with Crippen molar-refractivity contribution in [2.24, 2.45) is 5.73 Å². The van der Waals surface area contributed by atoms with Crippen LogP contribution in [-0.4, -0.2) is 30.6 Å². The average molecular weight is 361 g/mol. The highest BCUT2D eigenvalue weighted by Gasteiger charge is 2.18. The maximum atomic E-state index is 12.2. The summed E-state index contributed by atoms with van der Waals surface area (Å²) in [6, 6.07) is 5.38. The van der Waals surface area contributed by atoms with Crippen molar-refractivity contribution in [3.05, 3.63) is 29.3 Å². The van der Waals surface area contributed by atoms with Gasteiger partial charge in [-0.1, -0.05) is 12.5 Å². The standard InChI is InChI=1S/C19H27N3O4/c1-13(26-17(23)8-3-2-4-11-21-19(20)25)18(24)22-16-10-9-14-6-5-7-15(14)12-16/h9-10,12-13H,2-8,11H2,1H3,(H,22,24)(H3,20,21,25)/t13-/m1/s1. The monoisotopic (exact) mass is 361 g/mol. The van der Waals surface area contributed by atoms with Gasteiger partial charge in [0.25, 0.3) is 5.91 Å². The number of urea groups is 1. The Kier molecular flexibility index (Phi) is 7.44. The van der Waals surface area contributed by atoms with E-state index in [1.165, 1.54) is 11.1 Å². The van der Waals surface area contributed by atoms with Crippen LogP contribution in [0.5, 0.6) is 0 Å². The molecule has 2 rings (SSSR count). The molecule has 1 aliphatic rings. The number of ether oxygens (including phenoxy) is 1. The van der Waals surface area contributed by atoms with Crippen LogP contribution in [-0.2, 0) is 27.2 Å². The molecule has 0 fully saturated rings. The van der Waals surface area contributed by atoms with Gasteiger partial charge < -0.3 is 21.1 Å². The molecule has 0 spiro atoms. The molecule has 7 heteroatoms. The first-order valence-corrected chi connectivity index (χ1v) is 9.11. The number of unbranched alkanes of at least 4 members (excludes halogenated alkanes) is 2. The normalized spacial score (nSPS) is 13.6. The van der Waals surface area contributed by atoms with Crippen molar-refractivity contribution in [1.82, 2.24) is 5.32 Å². The predicted molar refractivity (Wildman–Crippen MR) is 98.7 cm³/mol. The number of carbonyl (C=O) groups is 3. The number of anilines is 1. The van der Waals surface area contributed by atoms with E-state index in [0.717, 1.165) is 37.8 Å². The van der Waals surface area contributed by atoms with Gasteiger partial charge in [-0.25, -0.2) is 4.79 Å². The summed E-state index contributed by atoms with van der Waals surface area (Å²) in [5.74, 6) is -0.730. The number of fused-ring (bicyclic) bond motifs is 1. The smallest absolute Gasteiger partial charge is 0.312 e. The van der Waals surface area contributed by atoms with E-state index in [4.69, 9.17) is 10.5 Å². The molecule has 1 aromatic carbocycles. The van der Waals surface area contributed by atoms with Crippen LogP contribution in [0.25, 0.3) is 0 Å². The number of hydrogen-bond acceptors (Lipinski definition) is 4. The van der Waals surface area contributed by atoms with E-state index in [2.05, 4.69) is 10.6 Å². The molecule has 0 saturated carbocycles. The van der Waals surface area contributed by atoms with Gasteiger partial charge >= 0.3 is 12.0 Å². The van der Waals surface area contributed by atoms with Crippen LogP contribution in [0.4, 0.5) is 10.5 Å². The summed E-state index contributed by atoms with van der Waals surface area (Å²) in [5.41, 5.74) is 8.31. The van der Waals surface area contributed by atoms with E-state index in [9.17, 15) is 14.4 Å². The Hall–Kier alpha value is -2.57. The van der Waals surface area contributed by atoms with Gasteiger partial charge in [-0.3, -0.25) is 9.59 Å². The average Bonchev–Trinajstić information content (AvgIpc) is 3.05. The first-order valence-electron chi connectivity index (χ1n) is 9.11. The molecule has 1 aliphatic carbocycles. The molecule has 0 unspecified atom stereocenters. The summed E-state index contributed by atoms with van der Waals surface area (Å²) in [7, 11) is 0. The van der Waals surface area contributed by atoms with Crippen molar-refractivity contribution in [2.45, 2.75) is 58.0 Å². The number of aryl methyl sites for hydroxylation is 2. The summed E-state index contributed by atoms with van der Waals surface area (Å²) in [5, 5.41) is 5.29. The first kappa shape index (κ1) is 19.8. The van der Waals surface area contributed by atoms with E-state index >= 15 is 0 Å². The third-order valence-corrected chi connectivity index (χ3v) is 4.40. The maximum Gasteiger partial charge on any atom is 0.312 e. The van der Waals surface area contributed by atoms with E-state index in [0.29, 0.717) is 13.0 Å². The zero-order chi connectivity index (χ0) is 18.9. The van der Waals surface area contributed by atoms with Crippen molar-refractivity contribution in [3.8, 4) is 0 Å². The van der Waals surface area contributed by atoms with Crippen molar-refractivity contribution < 1.29 is 19.1 Å². The number of esters is 1. The predicted octanol–water partition coefficient (Wildman–Crippen LogP) is 2.27. The Bertz CT molecular complexity index is 660. The lowest BCUT2D eigenvalue weighted by atomic mass is 10.1. The summed E-state index contributed by atoms with van der Waals surface area (Å²) in [6.07, 6.45) is 4.84. The molecule has 4 N–H and O–H groups in total. The van der Waals surface area contributed by atoms with Crippen molar-refractivity contribution in [1.29, 1.82) is 0 Å². The molecule has 0 heterocycles. The van der Waals surface area contributed by atoms with E-state index in [1.807, 2.05) is 18.2 Å². The minimum absolute atomic E-state index is 0.243. The van der Waals surface area contributed by atoms with Crippen molar-refractivity contribution in [2.75, 3.05) is 11.9 Å². The summed E-state index contributed by atoms with van der Waals surface area (Å²) < 4.78 is 5.18. The molecule has 0 aliphatic heterocycles. The number of rotatable bonds is 9. The molecule has 3 amide bonds. The van der Waals surface area contributed by atoms with Gasteiger partial charge in [-0.15, -0.1) is 0 Å². The number of nitrogens with two attached hydrogens (primary N) is 1. The second-order valence-corrected chi connectivity index (χ2v) is 6.56. The molecule has 0 saturated heterocycles. The third kappa shape index (κ3) is 6.38. The Morgan fingerprint density at radius 2 is 1.92 bits per heavy atom. The lowest BCUT2D eigenvalue weighted by Crippen LogP contribution is -2.30. The molecule has 142 valence electrons. The Morgan fingerprint density at radius 1 is 1.15 bits per heavy atom. The van der Waals surface area contributed by atoms with Gasteiger partial charge in [0.05, 0.1) is 0 Å². The summed E-state index contributed by atoms with van der Waals surface area (Å²) in [4.78, 5) is 34.5. The highest BCUT2D eigenvalue weighted by Crippen LogP contribution is 2.25. The minimum Gasteiger partial charge on any atom is -0.453 e. The van der Waals surface area contributed by atoms with Crippen LogP contribution in [0.1, 0.15) is 50.2 Å². The molecular weight excluding hydrogens is 334 g/mol. The van der Waals surface area contributed by atoms with Crippen LogP contribution in [0, 0.1) is 0 Å². The second-order valence-electron chi connectivity index (χ2n) is 6.56. The summed E-state index contributed by atoms with van der Waals surface area (Å²) in [6.45, 7) is 2.06. The van der Waals surface area contributed by atoms with Crippen LogP contribution in [0.2, 0.25) is 0 Å². The van der Waals surface area contributed by atoms with Gasteiger partial charge in [-0.2, -0.15) is 0 Å². The number of amides is 3. The molecule has 1 aromatic rings. The molecule has 7 nitrogen and oxygen atoms in total. The molecule has 0 bridgehead atoms. The first-order chi connectivity index (χ1) is 12.5. The van der Waals surface area contributed by atoms with Crippen LogP contribution < -0.4 is 16.4 Å². The maximum absolute atomic E-state index is 12.2. The van der Waals surface area contributed by atoms with Crippen LogP contribution in [0.15, 0.2) is 18.2 Å². The fourth-order valence-electron chi connectivity index (χ4n) is 2.99. The van der Waals surface area contributed by atoms with Gasteiger partial charge in [0.2, 0.25) is 0 Å². The highest BCUT2D eigenvalue weighted by atomic mass is 16.5. The number of hydrogen-bond donors (Lipinski definition) is 3. The molecule has 1 atom stereocenters.